The highest BCUT2D eigenvalue weighted by atomic mass is 32.2. The maximum absolute atomic E-state index is 12.7. The number of thioether (sulfide) groups is 1. The topological polar surface area (TPSA) is 54.4 Å². The number of aromatic carboxylic acids is 1. The van der Waals surface area contributed by atoms with Crippen molar-refractivity contribution >= 4 is 28.9 Å². The van der Waals surface area contributed by atoms with E-state index in [1.54, 1.807) is 6.08 Å². The van der Waals surface area contributed by atoms with Gasteiger partial charge in [0.05, 0.1) is 11.1 Å². The lowest BCUT2D eigenvalue weighted by atomic mass is 10.0. The van der Waals surface area contributed by atoms with Gasteiger partial charge in [0.25, 0.3) is 0 Å². The molecule has 0 aliphatic rings. The molecule has 0 bridgehead atoms. The van der Waals surface area contributed by atoms with Crippen molar-refractivity contribution in [3.8, 4) is 0 Å². The van der Waals surface area contributed by atoms with Crippen molar-refractivity contribution in [1.82, 2.24) is 0 Å². The summed E-state index contributed by atoms with van der Waals surface area (Å²) < 4.78 is 38.1. The van der Waals surface area contributed by atoms with Gasteiger partial charge in [-0.2, -0.15) is 13.2 Å². The second-order valence-electron chi connectivity index (χ2n) is 4.18. The first kappa shape index (κ1) is 17.3. The molecule has 0 aliphatic carbocycles. The average Bonchev–Trinajstić information content (AvgIpc) is 2.36. The Balaban J connectivity index is 2.91. The number of alkyl halides is 3. The number of carbonyl (C=O) groups is 2. The summed E-state index contributed by atoms with van der Waals surface area (Å²) in [4.78, 5) is 21.6. The molecule has 114 valence electrons. The number of allylic oxidation sites excluding steroid dienone is 1. The Kier molecular flexibility index (Phi) is 6.02. The molecule has 1 aromatic rings. The highest BCUT2D eigenvalue weighted by Crippen LogP contribution is 2.31. The van der Waals surface area contributed by atoms with Crippen LogP contribution in [0.15, 0.2) is 24.3 Å². The van der Waals surface area contributed by atoms with Crippen molar-refractivity contribution in [3.63, 3.8) is 0 Å². The van der Waals surface area contributed by atoms with Crippen molar-refractivity contribution in [1.29, 1.82) is 0 Å². The zero-order chi connectivity index (χ0) is 16.0. The van der Waals surface area contributed by atoms with Crippen LogP contribution < -0.4 is 0 Å². The highest BCUT2D eigenvalue weighted by molar-refractivity contribution is 8.13. The van der Waals surface area contributed by atoms with Gasteiger partial charge in [-0.1, -0.05) is 23.9 Å². The third-order valence-corrected chi connectivity index (χ3v) is 3.28. The molecule has 0 atom stereocenters. The van der Waals surface area contributed by atoms with Gasteiger partial charge in [-0.25, -0.2) is 4.79 Å². The Hall–Kier alpha value is -1.76. The highest BCUT2D eigenvalue weighted by Gasteiger charge is 2.31. The Labute approximate surface area is 123 Å². The molecule has 3 nitrogen and oxygen atoms in total. The fourth-order valence-corrected chi connectivity index (χ4v) is 2.07. The number of carboxylic acids is 1. The standard InChI is InChI=1S/C14H13F3O3S/c1-9(18)21-5-3-2-4-10-6-11(13(19)20)8-12(7-10)14(15,16)17/h2,4,6-8H,3,5H2,1H3,(H,19,20). The first-order valence-electron chi connectivity index (χ1n) is 5.95. The van der Waals surface area contributed by atoms with E-state index in [9.17, 15) is 22.8 Å². The number of hydrogen-bond acceptors (Lipinski definition) is 3. The van der Waals surface area contributed by atoms with Crippen molar-refractivity contribution in [2.75, 3.05) is 5.75 Å². The fraction of sp³-hybridized carbons (Fsp3) is 0.286. The lowest BCUT2D eigenvalue weighted by Crippen LogP contribution is -2.08. The molecule has 1 aromatic carbocycles. The van der Waals surface area contributed by atoms with E-state index in [-0.39, 0.29) is 10.7 Å². The van der Waals surface area contributed by atoms with E-state index in [2.05, 4.69) is 0 Å². The predicted molar refractivity (Wildman–Crippen MR) is 75.2 cm³/mol. The first-order chi connectivity index (χ1) is 9.70. The van der Waals surface area contributed by atoms with Gasteiger partial charge in [-0.05, 0) is 30.2 Å². The molecule has 0 fully saturated rings. The summed E-state index contributed by atoms with van der Waals surface area (Å²) >= 11 is 1.12. The van der Waals surface area contributed by atoms with Gasteiger partial charge in [0.15, 0.2) is 5.12 Å². The van der Waals surface area contributed by atoms with E-state index in [0.717, 1.165) is 17.8 Å². The molecule has 0 spiro atoms. The van der Waals surface area contributed by atoms with Crippen LogP contribution in [-0.4, -0.2) is 21.9 Å². The fourth-order valence-electron chi connectivity index (χ4n) is 1.53. The summed E-state index contributed by atoms with van der Waals surface area (Å²) in [5.41, 5.74) is -1.25. The monoisotopic (exact) mass is 318 g/mol. The molecule has 0 heterocycles. The summed E-state index contributed by atoms with van der Waals surface area (Å²) in [6.45, 7) is 1.43. The van der Waals surface area contributed by atoms with Gasteiger partial charge in [0.1, 0.15) is 0 Å². The predicted octanol–water partition coefficient (Wildman–Crippen LogP) is 4.09. The molecule has 7 heteroatoms. The minimum absolute atomic E-state index is 0.0318. The Morgan fingerprint density at radius 1 is 1.29 bits per heavy atom. The number of halogens is 3. The van der Waals surface area contributed by atoms with E-state index in [0.29, 0.717) is 18.2 Å². The van der Waals surface area contributed by atoms with Gasteiger partial charge in [0, 0.05) is 12.7 Å². The first-order valence-corrected chi connectivity index (χ1v) is 6.94. The number of carboxylic acid groups (broad SMARTS) is 1. The Morgan fingerprint density at radius 2 is 1.95 bits per heavy atom. The molecule has 0 saturated carbocycles. The van der Waals surface area contributed by atoms with Crippen molar-refractivity contribution in [3.05, 3.63) is 41.0 Å². The molecule has 0 unspecified atom stereocenters. The van der Waals surface area contributed by atoms with Crippen LogP contribution in [-0.2, 0) is 11.0 Å². The molecular formula is C14H13F3O3S. The average molecular weight is 318 g/mol. The summed E-state index contributed by atoms with van der Waals surface area (Å²) in [6.07, 6.45) is -1.07. The number of carbonyl (C=O) groups excluding carboxylic acids is 1. The van der Waals surface area contributed by atoms with Crippen LogP contribution in [0.25, 0.3) is 6.08 Å². The Morgan fingerprint density at radius 3 is 2.48 bits per heavy atom. The molecule has 0 amide bonds. The summed E-state index contributed by atoms with van der Waals surface area (Å²) in [6, 6.07) is 2.67. The van der Waals surface area contributed by atoms with E-state index >= 15 is 0 Å². The van der Waals surface area contributed by atoms with Crippen LogP contribution in [0.1, 0.15) is 34.8 Å². The van der Waals surface area contributed by atoms with Gasteiger partial charge in [-0.15, -0.1) is 0 Å². The van der Waals surface area contributed by atoms with Gasteiger partial charge < -0.3 is 5.11 Å². The van der Waals surface area contributed by atoms with E-state index in [4.69, 9.17) is 5.11 Å². The minimum atomic E-state index is -4.60. The second kappa shape index (κ2) is 7.31. The zero-order valence-corrected chi connectivity index (χ0v) is 11.9. The van der Waals surface area contributed by atoms with Crippen LogP contribution in [0.4, 0.5) is 13.2 Å². The lowest BCUT2D eigenvalue weighted by molar-refractivity contribution is -0.137. The largest absolute Gasteiger partial charge is 0.478 e. The molecule has 0 aliphatic heterocycles. The second-order valence-corrected chi connectivity index (χ2v) is 5.45. The molecule has 21 heavy (non-hydrogen) atoms. The molecule has 0 aromatic heterocycles. The van der Waals surface area contributed by atoms with Gasteiger partial charge >= 0.3 is 12.1 Å². The van der Waals surface area contributed by atoms with Gasteiger partial charge in [0.2, 0.25) is 0 Å². The molecule has 1 N–H and O–H groups in total. The summed E-state index contributed by atoms with van der Waals surface area (Å²) in [5, 5.41) is 8.81. The molecule has 1 rings (SSSR count). The Bertz CT molecular complexity index is 565. The van der Waals surface area contributed by atoms with Crippen LogP contribution in [0.3, 0.4) is 0 Å². The van der Waals surface area contributed by atoms with E-state index in [1.807, 2.05) is 0 Å². The van der Waals surface area contributed by atoms with Crippen molar-refractivity contribution in [2.45, 2.75) is 19.5 Å². The van der Waals surface area contributed by atoms with E-state index < -0.39 is 23.3 Å². The number of hydrogen-bond donors (Lipinski definition) is 1. The van der Waals surface area contributed by atoms with E-state index in [1.165, 1.54) is 19.1 Å². The lowest BCUT2D eigenvalue weighted by Gasteiger charge is -2.09. The van der Waals surface area contributed by atoms with Crippen LogP contribution >= 0.6 is 11.8 Å². The molecule has 0 saturated heterocycles. The zero-order valence-electron chi connectivity index (χ0n) is 11.1. The third kappa shape index (κ3) is 6.03. The smallest absolute Gasteiger partial charge is 0.416 e. The summed E-state index contributed by atoms with van der Waals surface area (Å²) in [5.74, 6) is -0.890. The number of rotatable bonds is 5. The maximum Gasteiger partial charge on any atom is 0.416 e. The third-order valence-electron chi connectivity index (χ3n) is 2.43. The SMILES string of the molecule is CC(=O)SCCC=Cc1cc(C(=O)O)cc(C(F)(F)F)c1. The summed E-state index contributed by atoms with van der Waals surface area (Å²) in [7, 11) is 0. The van der Waals surface area contributed by atoms with Crippen molar-refractivity contribution < 1.29 is 27.9 Å². The van der Waals surface area contributed by atoms with Crippen LogP contribution in [0, 0.1) is 0 Å². The van der Waals surface area contributed by atoms with Gasteiger partial charge in [-0.3, -0.25) is 4.79 Å². The number of benzene rings is 1. The van der Waals surface area contributed by atoms with Crippen molar-refractivity contribution in [2.24, 2.45) is 0 Å². The van der Waals surface area contributed by atoms with Crippen LogP contribution in [0.5, 0.6) is 0 Å². The molecular weight excluding hydrogens is 305 g/mol. The maximum atomic E-state index is 12.7. The van der Waals surface area contributed by atoms with Crippen LogP contribution in [0.2, 0.25) is 0 Å². The molecule has 0 radical (unpaired) electrons. The quantitative estimate of drug-likeness (QED) is 0.831. The normalized spacial score (nSPS) is 11.8. The minimum Gasteiger partial charge on any atom is -0.478 e.